The Kier molecular flexibility index (Phi) is 4.52. The number of hydrogen-bond acceptors (Lipinski definition) is 2. The lowest BCUT2D eigenvalue weighted by molar-refractivity contribution is 1.07. The number of pyridine rings is 1. The van der Waals surface area contributed by atoms with Gasteiger partial charge in [-0.1, -0.05) is 37.3 Å². The van der Waals surface area contributed by atoms with Gasteiger partial charge in [0.1, 0.15) is 0 Å². The van der Waals surface area contributed by atoms with E-state index in [0.29, 0.717) is 12.5 Å². The fourth-order valence-electron chi connectivity index (χ4n) is 2.52. The minimum absolute atomic E-state index is 0.416. The molecule has 1 aromatic heterocycles. The van der Waals surface area contributed by atoms with Crippen molar-refractivity contribution >= 4 is 22.5 Å². The summed E-state index contributed by atoms with van der Waals surface area (Å²) >= 11 is 0. The van der Waals surface area contributed by atoms with Gasteiger partial charge < -0.3 is 11.1 Å². The number of nitrogens with zero attached hydrogens (tertiary/aromatic N) is 2. The highest BCUT2D eigenvalue weighted by Gasteiger charge is 2.01. The third-order valence-corrected chi connectivity index (χ3v) is 3.77. The van der Waals surface area contributed by atoms with Gasteiger partial charge in [-0.2, -0.15) is 0 Å². The highest BCUT2D eigenvalue weighted by atomic mass is 15.1. The quantitative estimate of drug-likeness (QED) is 0.570. The molecule has 3 rings (SSSR count). The van der Waals surface area contributed by atoms with Crippen molar-refractivity contribution in [3.8, 4) is 0 Å². The van der Waals surface area contributed by atoms with Crippen molar-refractivity contribution in [1.82, 2.24) is 4.98 Å². The van der Waals surface area contributed by atoms with Gasteiger partial charge in [0.15, 0.2) is 5.96 Å². The van der Waals surface area contributed by atoms with Crippen LogP contribution in [0.1, 0.15) is 18.1 Å². The van der Waals surface area contributed by atoms with Gasteiger partial charge in [-0.3, -0.25) is 4.98 Å². The number of para-hydroxylation sites is 1. The van der Waals surface area contributed by atoms with Crippen molar-refractivity contribution in [2.24, 2.45) is 10.7 Å². The molecule has 3 N–H and O–H groups in total. The second-order valence-corrected chi connectivity index (χ2v) is 5.37. The molecule has 4 nitrogen and oxygen atoms in total. The maximum Gasteiger partial charge on any atom is 0.193 e. The van der Waals surface area contributed by atoms with Crippen molar-refractivity contribution in [3.05, 3.63) is 71.9 Å². The molecule has 1 heterocycles. The number of nitrogens with one attached hydrogen (secondary N) is 1. The molecule has 0 spiro atoms. The smallest absolute Gasteiger partial charge is 0.193 e. The third kappa shape index (κ3) is 3.66. The second-order valence-electron chi connectivity index (χ2n) is 5.37. The van der Waals surface area contributed by atoms with Crippen LogP contribution >= 0.6 is 0 Å². The van der Waals surface area contributed by atoms with Crippen LogP contribution in [-0.2, 0) is 13.0 Å². The normalized spacial score (nSPS) is 11.6. The molecule has 0 aliphatic heterocycles. The van der Waals surface area contributed by atoms with E-state index in [0.717, 1.165) is 28.6 Å². The van der Waals surface area contributed by atoms with Crippen LogP contribution < -0.4 is 11.1 Å². The molecule has 2 aromatic carbocycles. The molecule has 0 saturated heterocycles. The van der Waals surface area contributed by atoms with Gasteiger partial charge >= 0.3 is 0 Å². The van der Waals surface area contributed by atoms with Crippen LogP contribution in [0.2, 0.25) is 0 Å². The predicted molar refractivity (Wildman–Crippen MR) is 96.5 cm³/mol. The Labute approximate surface area is 136 Å². The van der Waals surface area contributed by atoms with Crippen LogP contribution in [0.3, 0.4) is 0 Å². The zero-order valence-corrected chi connectivity index (χ0v) is 13.2. The summed E-state index contributed by atoms with van der Waals surface area (Å²) in [6.45, 7) is 2.65. The Bertz CT molecular complexity index is 834. The first kappa shape index (κ1) is 15.0. The Hall–Kier alpha value is -2.88. The average molecular weight is 304 g/mol. The van der Waals surface area contributed by atoms with Gasteiger partial charge in [0.2, 0.25) is 0 Å². The van der Waals surface area contributed by atoms with E-state index in [1.807, 2.05) is 42.6 Å². The van der Waals surface area contributed by atoms with Crippen LogP contribution in [0.25, 0.3) is 10.9 Å². The predicted octanol–water partition coefficient (Wildman–Crippen LogP) is 3.72. The summed E-state index contributed by atoms with van der Waals surface area (Å²) in [5, 5.41) is 4.26. The summed E-state index contributed by atoms with van der Waals surface area (Å²) in [5.74, 6) is 0.416. The van der Waals surface area contributed by atoms with Crippen molar-refractivity contribution < 1.29 is 0 Å². The Morgan fingerprint density at radius 2 is 2.00 bits per heavy atom. The highest BCUT2D eigenvalue weighted by Crippen LogP contribution is 2.17. The van der Waals surface area contributed by atoms with Crippen molar-refractivity contribution in [3.63, 3.8) is 0 Å². The summed E-state index contributed by atoms with van der Waals surface area (Å²) in [6.07, 6.45) is 2.80. The van der Waals surface area contributed by atoms with E-state index < -0.39 is 0 Å². The first-order valence-electron chi connectivity index (χ1n) is 7.75. The first-order valence-corrected chi connectivity index (χ1v) is 7.75. The molecule has 0 fully saturated rings. The van der Waals surface area contributed by atoms with Gasteiger partial charge in [-0.05, 0) is 41.8 Å². The molecule has 0 unspecified atom stereocenters. The molecule has 0 aliphatic rings. The minimum Gasteiger partial charge on any atom is -0.370 e. The summed E-state index contributed by atoms with van der Waals surface area (Å²) in [5.41, 5.74) is 10.3. The van der Waals surface area contributed by atoms with Crippen LogP contribution in [-0.4, -0.2) is 10.9 Å². The number of nitrogens with two attached hydrogens (primary N) is 1. The fourth-order valence-corrected chi connectivity index (χ4v) is 2.52. The lowest BCUT2D eigenvalue weighted by Crippen LogP contribution is -2.22. The fraction of sp³-hybridized carbons (Fsp3) is 0.158. The number of anilines is 1. The molecule has 23 heavy (non-hydrogen) atoms. The Morgan fingerprint density at radius 3 is 2.87 bits per heavy atom. The van der Waals surface area contributed by atoms with Crippen LogP contribution in [0.4, 0.5) is 5.69 Å². The maximum atomic E-state index is 6.01. The number of fused-ring (bicyclic) bond motifs is 1. The van der Waals surface area contributed by atoms with Crippen molar-refractivity contribution in [2.45, 2.75) is 19.9 Å². The molecule has 3 aromatic rings. The number of guanidine groups is 1. The van der Waals surface area contributed by atoms with Crippen molar-refractivity contribution in [1.29, 1.82) is 0 Å². The number of benzene rings is 2. The van der Waals surface area contributed by atoms with E-state index in [9.17, 15) is 0 Å². The monoisotopic (exact) mass is 304 g/mol. The molecular weight excluding hydrogens is 284 g/mol. The average Bonchev–Trinajstić information content (AvgIpc) is 2.60. The Morgan fingerprint density at radius 1 is 1.13 bits per heavy atom. The molecule has 0 amide bonds. The highest BCUT2D eigenvalue weighted by molar-refractivity contribution is 5.92. The molecule has 0 aliphatic carbocycles. The number of aromatic nitrogens is 1. The molecular formula is C19H20N4. The van der Waals surface area contributed by atoms with E-state index in [4.69, 9.17) is 5.73 Å². The van der Waals surface area contributed by atoms with E-state index >= 15 is 0 Å². The summed E-state index contributed by atoms with van der Waals surface area (Å²) in [6, 6.07) is 18.2. The maximum absolute atomic E-state index is 6.01. The van der Waals surface area contributed by atoms with E-state index in [2.05, 4.69) is 40.4 Å². The zero-order valence-electron chi connectivity index (χ0n) is 13.2. The molecule has 0 bridgehead atoms. The van der Waals surface area contributed by atoms with Gasteiger partial charge in [-0.15, -0.1) is 0 Å². The van der Waals surface area contributed by atoms with Crippen molar-refractivity contribution in [2.75, 3.05) is 5.32 Å². The molecule has 0 atom stereocenters. The molecule has 4 heteroatoms. The number of aliphatic imine (C=N–C) groups is 1. The summed E-state index contributed by atoms with van der Waals surface area (Å²) in [7, 11) is 0. The lowest BCUT2D eigenvalue weighted by Gasteiger charge is -2.08. The van der Waals surface area contributed by atoms with Gasteiger partial charge in [0.25, 0.3) is 0 Å². The molecule has 0 saturated carbocycles. The van der Waals surface area contributed by atoms with Gasteiger partial charge in [0, 0.05) is 17.3 Å². The van der Waals surface area contributed by atoms with Gasteiger partial charge in [0.05, 0.1) is 12.1 Å². The largest absolute Gasteiger partial charge is 0.370 e. The first-order chi connectivity index (χ1) is 11.3. The summed E-state index contributed by atoms with van der Waals surface area (Å²) in [4.78, 5) is 8.81. The minimum atomic E-state index is 0.416. The van der Waals surface area contributed by atoms with E-state index in [1.54, 1.807) is 0 Å². The standard InChI is InChI=1S/C19H20N4/c1-2-14-6-5-7-16(12-14)23-19(20)22-13-15-10-11-21-18-9-4-3-8-17(15)18/h3-12H,2,13H2,1H3,(H3,20,22,23). The SMILES string of the molecule is CCc1cccc(NC(N)=NCc2ccnc3ccccc23)c1. The van der Waals surface area contributed by atoms with Crippen LogP contribution in [0.15, 0.2) is 65.8 Å². The van der Waals surface area contributed by atoms with Crippen LogP contribution in [0, 0.1) is 0 Å². The number of hydrogen-bond donors (Lipinski definition) is 2. The van der Waals surface area contributed by atoms with E-state index in [-0.39, 0.29) is 0 Å². The lowest BCUT2D eigenvalue weighted by atomic mass is 10.1. The van der Waals surface area contributed by atoms with Crippen LogP contribution in [0.5, 0.6) is 0 Å². The molecule has 116 valence electrons. The second kappa shape index (κ2) is 6.92. The third-order valence-electron chi connectivity index (χ3n) is 3.77. The Balaban J connectivity index is 1.76. The number of rotatable bonds is 4. The topological polar surface area (TPSA) is 63.3 Å². The molecule has 0 radical (unpaired) electrons. The van der Waals surface area contributed by atoms with Gasteiger partial charge in [-0.25, -0.2) is 4.99 Å². The summed E-state index contributed by atoms with van der Waals surface area (Å²) < 4.78 is 0. The van der Waals surface area contributed by atoms with E-state index in [1.165, 1.54) is 5.56 Å². The number of aryl methyl sites for hydroxylation is 1. The zero-order chi connectivity index (χ0) is 16.1.